The van der Waals surface area contributed by atoms with Crippen molar-refractivity contribution in [2.24, 2.45) is 0 Å². The second-order valence-electron chi connectivity index (χ2n) is 7.13. The van der Waals surface area contributed by atoms with Crippen molar-refractivity contribution in [1.82, 2.24) is 14.6 Å². The lowest BCUT2D eigenvalue weighted by atomic mass is 10.0. The molecule has 4 aromatic rings. The number of halogens is 1. The monoisotopic (exact) mass is 373 g/mol. The molecule has 0 spiro atoms. The van der Waals surface area contributed by atoms with Crippen LogP contribution in [0.2, 0.25) is 0 Å². The van der Waals surface area contributed by atoms with Gasteiger partial charge in [-0.2, -0.15) is 0 Å². The van der Waals surface area contributed by atoms with Crippen LogP contribution in [0.25, 0.3) is 16.9 Å². The average molecular weight is 373 g/mol. The molecule has 0 saturated carbocycles. The summed E-state index contributed by atoms with van der Waals surface area (Å²) in [5.74, 6) is 0.668. The van der Waals surface area contributed by atoms with Crippen molar-refractivity contribution in [2.45, 2.75) is 18.9 Å². The highest BCUT2D eigenvalue weighted by molar-refractivity contribution is 5.65. The van der Waals surface area contributed by atoms with Crippen LogP contribution >= 0.6 is 0 Å². The number of hydrogen-bond donors (Lipinski definition) is 1. The van der Waals surface area contributed by atoms with Crippen molar-refractivity contribution < 1.29 is 4.39 Å². The van der Waals surface area contributed by atoms with Crippen LogP contribution < -0.4 is 10.6 Å². The van der Waals surface area contributed by atoms with Gasteiger partial charge in [-0.1, -0.05) is 24.3 Å². The van der Waals surface area contributed by atoms with Gasteiger partial charge in [0.15, 0.2) is 5.65 Å². The van der Waals surface area contributed by atoms with Gasteiger partial charge in [0.2, 0.25) is 0 Å². The summed E-state index contributed by atoms with van der Waals surface area (Å²) < 4.78 is 15.6. The number of benzene rings is 2. The van der Waals surface area contributed by atoms with E-state index < -0.39 is 0 Å². The smallest absolute Gasteiger partial charge is 0.154 e. The molecule has 1 aliphatic rings. The first kappa shape index (κ1) is 16.7. The van der Waals surface area contributed by atoms with Crippen LogP contribution in [0.3, 0.4) is 0 Å². The summed E-state index contributed by atoms with van der Waals surface area (Å²) >= 11 is 0. The van der Waals surface area contributed by atoms with Gasteiger partial charge in [0.25, 0.3) is 0 Å². The predicted octanol–water partition coefficient (Wildman–Crippen LogP) is 4.46. The fourth-order valence-corrected chi connectivity index (χ4v) is 3.97. The summed E-state index contributed by atoms with van der Waals surface area (Å²) in [7, 11) is 0. The first-order chi connectivity index (χ1) is 13.7. The summed E-state index contributed by atoms with van der Waals surface area (Å²) in [6.07, 6.45) is 3.86. The van der Waals surface area contributed by atoms with Crippen LogP contribution in [0.15, 0.2) is 66.9 Å². The second kappa shape index (κ2) is 6.64. The Bertz CT molecular complexity index is 1140. The third-order valence-corrected chi connectivity index (χ3v) is 5.34. The number of nitrogens with two attached hydrogens (primary N) is 1. The van der Waals surface area contributed by atoms with Crippen LogP contribution in [0, 0.1) is 5.82 Å². The Morgan fingerprint density at radius 3 is 2.71 bits per heavy atom. The fraction of sp³-hybridized carbons (Fsp3) is 0.182. The van der Waals surface area contributed by atoms with E-state index in [4.69, 9.17) is 10.8 Å². The molecule has 3 heterocycles. The first-order valence-electron chi connectivity index (χ1n) is 9.42. The van der Waals surface area contributed by atoms with Gasteiger partial charge in [0, 0.05) is 17.8 Å². The third-order valence-electron chi connectivity index (χ3n) is 5.34. The minimum atomic E-state index is -0.201. The van der Waals surface area contributed by atoms with Gasteiger partial charge < -0.3 is 10.6 Å². The van der Waals surface area contributed by atoms with Gasteiger partial charge in [0.1, 0.15) is 11.6 Å². The van der Waals surface area contributed by atoms with E-state index in [0.717, 1.165) is 53.4 Å². The number of anilines is 2. The molecule has 2 aromatic heterocycles. The molecule has 1 fully saturated rings. The summed E-state index contributed by atoms with van der Waals surface area (Å²) in [6.45, 7) is 0.894. The van der Waals surface area contributed by atoms with E-state index in [1.807, 2.05) is 53.2 Å². The molecular weight excluding hydrogens is 353 g/mol. The normalized spacial score (nSPS) is 16.8. The zero-order chi connectivity index (χ0) is 19.1. The van der Waals surface area contributed by atoms with Crippen molar-refractivity contribution >= 4 is 17.2 Å². The molecule has 2 aromatic carbocycles. The Morgan fingerprint density at radius 1 is 1.04 bits per heavy atom. The molecule has 5 nitrogen and oxygen atoms in total. The van der Waals surface area contributed by atoms with Crippen molar-refractivity contribution in [1.29, 1.82) is 0 Å². The molecule has 0 radical (unpaired) electrons. The van der Waals surface area contributed by atoms with Gasteiger partial charge in [-0.15, -0.1) is 5.10 Å². The van der Waals surface area contributed by atoms with Crippen molar-refractivity contribution in [3.8, 4) is 11.3 Å². The van der Waals surface area contributed by atoms with Crippen molar-refractivity contribution in [2.75, 3.05) is 17.2 Å². The molecule has 1 saturated heterocycles. The van der Waals surface area contributed by atoms with Gasteiger partial charge in [-0.25, -0.2) is 13.9 Å². The number of imidazole rings is 1. The maximum atomic E-state index is 13.7. The number of rotatable bonds is 3. The predicted molar refractivity (Wildman–Crippen MR) is 109 cm³/mol. The number of aromatic nitrogens is 3. The molecule has 6 heteroatoms. The Labute approximate surface area is 162 Å². The molecule has 0 amide bonds. The molecule has 0 bridgehead atoms. The topological polar surface area (TPSA) is 59.5 Å². The van der Waals surface area contributed by atoms with E-state index >= 15 is 0 Å². The molecular formula is C22H20FN5. The fourth-order valence-electron chi connectivity index (χ4n) is 3.97. The lowest BCUT2D eigenvalue weighted by Crippen LogP contribution is -2.24. The van der Waals surface area contributed by atoms with E-state index in [9.17, 15) is 4.39 Å². The van der Waals surface area contributed by atoms with Gasteiger partial charge in [-0.3, -0.25) is 0 Å². The maximum Gasteiger partial charge on any atom is 0.154 e. The van der Waals surface area contributed by atoms with Crippen LogP contribution in [0.5, 0.6) is 0 Å². The third kappa shape index (κ3) is 2.87. The van der Waals surface area contributed by atoms with Crippen LogP contribution in [-0.2, 0) is 0 Å². The molecule has 2 N–H and O–H groups in total. The zero-order valence-electron chi connectivity index (χ0n) is 15.3. The molecule has 5 rings (SSSR count). The highest BCUT2D eigenvalue weighted by Gasteiger charge is 2.28. The van der Waals surface area contributed by atoms with Crippen LogP contribution in [0.1, 0.15) is 24.4 Å². The van der Waals surface area contributed by atoms with E-state index in [1.54, 1.807) is 12.1 Å². The molecule has 140 valence electrons. The highest BCUT2D eigenvalue weighted by atomic mass is 19.1. The van der Waals surface area contributed by atoms with Crippen molar-refractivity contribution in [3.05, 3.63) is 78.2 Å². The maximum absolute atomic E-state index is 13.7. The minimum Gasteiger partial charge on any atom is -0.399 e. The Hall–Kier alpha value is -3.41. The summed E-state index contributed by atoms with van der Waals surface area (Å²) in [5.41, 5.74) is 10.2. The lowest BCUT2D eigenvalue weighted by molar-refractivity contribution is 0.617. The second-order valence-corrected chi connectivity index (χ2v) is 7.13. The van der Waals surface area contributed by atoms with Crippen LogP contribution in [0.4, 0.5) is 15.9 Å². The first-order valence-corrected chi connectivity index (χ1v) is 9.42. The Balaban J connectivity index is 1.55. The average Bonchev–Trinajstić information content (AvgIpc) is 3.35. The van der Waals surface area contributed by atoms with Crippen LogP contribution in [-0.4, -0.2) is 21.1 Å². The summed E-state index contributed by atoms with van der Waals surface area (Å²) in [6, 6.07) is 18.7. The molecule has 0 aliphatic carbocycles. The van der Waals surface area contributed by atoms with E-state index in [-0.39, 0.29) is 11.9 Å². The van der Waals surface area contributed by atoms with Gasteiger partial charge in [0.05, 0.1) is 17.9 Å². The minimum absolute atomic E-state index is 0.129. The number of nitrogens with zero attached hydrogens (tertiary/aromatic N) is 4. The highest BCUT2D eigenvalue weighted by Crippen LogP contribution is 2.35. The molecule has 0 unspecified atom stereocenters. The standard InChI is InChI=1S/C22H20FN5/c23-17-4-1-3-16(13-17)19-5-2-12-27(19)22-11-10-21-25-14-20(28(21)26-22)15-6-8-18(24)9-7-15/h1,3-4,6-11,13-14,19H,2,5,12,24H2/t19-/m1/s1. The molecule has 28 heavy (non-hydrogen) atoms. The largest absolute Gasteiger partial charge is 0.399 e. The Kier molecular flexibility index (Phi) is 3.97. The quantitative estimate of drug-likeness (QED) is 0.539. The SMILES string of the molecule is Nc1ccc(-c2cnc3ccc(N4CCC[C@@H]4c4cccc(F)c4)nn23)cc1. The lowest BCUT2D eigenvalue weighted by Gasteiger charge is -2.26. The van der Waals surface area contributed by atoms with E-state index in [2.05, 4.69) is 9.88 Å². The summed E-state index contributed by atoms with van der Waals surface area (Å²) in [5, 5.41) is 4.87. The number of fused-ring (bicyclic) bond motifs is 1. The van der Waals surface area contributed by atoms with Gasteiger partial charge in [-0.05, 0) is 54.8 Å². The van der Waals surface area contributed by atoms with Gasteiger partial charge >= 0.3 is 0 Å². The van der Waals surface area contributed by atoms with E-state index in [0.29, 0.717) is 0 Å². The Morgan fingerprint density at radius 2 is 1.89 bits per heavy atom. The number of nitrogen functional groups attached to an aromatic ring is 1. The number of hydrogen-bond acceptors (Lipinski definition) is 4. The van der Waals surface area contributed by atoms with Crippen molar-refractivity contribution in [3.63, 3.8) is 0 Å². The molecule has 1 atom stereocenters. The summed E-state index contributed by atoms with van der Waals surface area (Å²) in [4.78, 5) is 6.73. The van der Waals surface area contributed by atoms with E-state index in [1.165, 1.54) is 6.07 Å². The zero-order valence-corrected chi connectivity index (χ0v) is 15.3. The molecule has 1 aliphatic heterocycles.